The summed E-state index contributed by atoms with van der Waals surface area (Å²) in [6.07, 6.45) is 1.46. The number of nitrogens with zero attached hydrogens (tertiary/aromatic N) is 3. The maximum atomic E-state index is 8.99. The lowest BCUT2D eigenvalue weighted by atomic mass is 10.4. The van der Waals surface area contributed by atoms with Gasteiger partial charge in [0.1, 0.15) is 22.4 Å². The maximum absolute atomic E-state index is 8.99. The summed E-state index contributed by atoms with van der Waals surface area (Å²) >= 11 is 3.43. The van der Waals surface area contributed by atoms with Crippen LogP contribution in [0.15, 0.2) is 10.8 Å². The molecule has 96 valence electrons. The van der Waals surface area contributed by atoms with E-state index in [4.69, 9.17) is 10.2 Å². The summed E-state index contributed by atoms with van der Waals surface area (Å²) in [7, 11) is 0. The summed E-state index contributed by atoms with van der Waals surface area (Å²) in [6.45, 7) is 3.59. The molecule has 1 heterocycles. The number of hydrogen-bond acceptors (Lipinski definition) is 6. The van der Waals surface area contributed by atoms with E-state index in [2.05, 4.69) is 31.2 Å². The minimum atomic E-state index is 0.00693. The third kappa shape index (κ3) is 3.79. The molecule has 0 aromatic carbocycles. The molecule has 0 atom stereocenters. The highest BCUT2D eigenvalue weighted by atomic mass is 79.9. The van der Waals surface area contributed by atoms with Crippen molar-refractivity contribution in [3.8, 4) is 0 Å². The van der Waals surface area contributed by atoms with Crippen LogP contribution in [0.4, 0.5) is 11.6 Å². The van der Waals surface area contributed by atoms with Gasteiger partial charge in [0, 0.05) is 19.6 Å². The van der Waals surface area contributed by atoms with Crippen LogP contribution < -0.4 is 10.2 Å². The van der Waals surface area contributed by atoms with Gasteiger partial charge >= 0.3 is 0 Å². The van der Waals surface area contributed by atoms with Crippen LogP contribution in [0, 0.1) is 0 Å². The Labute approximate surface area is 109 Å². The Bertz CT molecular complexity index is 345. The van der Waals surface area contributed by atoms with Crippen molar-refractivity contribution >= 4 is 27.6 Å². The van der Waals surface area contributed by atoms with E-state index in [1.54, 1.807) is 4.90 Å². The third-order valence-corrected chi connectivity index (χ3v) is 2.88. The lowest BCUT2D eigenvalue weighted by Crippen LogP contribution is -2.31. The standard InChI is InChI=1S/C10H17BrN4O2/c1-2-12-9-8(11)10(14-7-13-9)15(3-5-16)4-6-17/h7,16-17H,2-6H2,1H3,(H,12,13,14). The molecule has 1 rings (SSSR count). The first kappa shape index (κ1) is 14.1. The van der Waals surface area contributed by atoms with E-state index in [1.807, 2.05) is 6.92 Å². The Morgan fingerprint density at radius 2 is 1.94 bits per heavy atom. The van der Waals surface area contributed by atoms with Gasteiger partial charge in [0.15, 0.2) is 0 Å². The van der Waals surface area contributed by atoms with E-state index in [0.29, 0.717) is 24.7 Å². The monoisotopic (exact) mass is 304 g/mol. The Balaban J connectivity index is 2.97. The van der Waals surface area contributed by atoms with Crippen LogP contribution in [0.1, 0.15) is 6.92 Å². The summed E-state index contributed by atoms with van der Waals surface area (Å²) in [6, 6.07) is 0. The van der Waals surface area contributed by atoms with E-state index in [9.17, 15) is 0 Å². The van der Waals surface area contributed by atoms with Crippen LogP contribution in [0.25, 0.3) is 0 Å². The summed E-state index contributed by atoms with van der Waals surface area (Å²) in [4.78, 5) is 10.1. The predicted octanol–water partition coefficient (Wildman–Crippen LogP) is 0.462. The van der Waals surface area contributed by atoms with Gasteiger partial charge in [-0.3, -0.25) is 0 Å². The van der Waals surface area contributed by atoms with Crippen LogP contribution in [-0.4, -0.2) is 53.0 Å². The first-order chi connectivity index (χ1) is 8.24. The molecular weight excluding hydrogens is 288 g/mol. The molecule has 0 fully saturated rings. The molecule has 0 aliphatic heterocycles. The molecule has 17 heavy (non-hydrogen) atoms. The number of halogens is 1. The molecule has 0 spiro atoms. The molecule has 7 heteroatoms. The number of nitrogens with one attached hydrogen (secondary N) is 1. The second-order valence-corrected chi connectivity index (χ2v) is 4.12. The minimum absolute atomic E-state index is 0.00693. The van der Waals surface area contributed by atoms with E-state index >= 15 is 0 Å². The quantitative estimate of drug-likeness (QED) is 0.679. The fourth-order valence-corrected chi connectivity index (χ4v) is 2.03. The third-order valence-electron chi connectivity index (χ3n) is 2.15. The van der Waals surface area contributed by atoms with Crippen LogP contribution in [0.5, 0.6) is 0 Å². The molecule has 0 saturated heterocycles. The summed E-state index contributed by atoms with van der Waals surface area (Å²) < 4.78 is 0.740. The van der Waals surface area contributed by atoms with Gasteiger partial charge in [-0.05, 0) is 22.9 Å². The van der Waals surface area contributed by atoms with Crippen molar-refractivity contribution in [1.29, 1.82) is 0 Å². The SMILES string of the molecule is CCNc1ncnc(N(CCO)CCO)c1Br. The van der Waals surface area contributed by atoms with Crippen LogP contribution in [-0.2, 0) is 0 Å². The van der Waals surface area contributed by atoms with Crippen molar-refractivity contribution in [3.63, 3.8) is 0 Å². The van der Waals surface area contributed by atoms with Crippen molar-refractivity contribution in [1.82, 2.24) is 9.97 Å². The maximum Gasteiger partial charge on any atom is 0.148 e. The highest BCUT2D eigenvalue weighted by molar-refractivity contribution is 9.10. The van der Waals surface area contributed by atoms with Crippen molar-refractivity contribution in [2.24, 2.45) is 0 Å². The Morgan fingerprint density at radius 3 is 2.47 bits per heavy atom. The summed E-state index contributed by atoms with van der Waals surface area (Å²) in [5.74, 6) is 1.37. The van der Waals surface area contributed by atoms with Gasteiger partial charge in [0.25, 0.3) is 0 Å². The molecule has 0 saturated carbocycles. The van der Waals surface area contributed by atoms with Crippen LogP contribution in [0.2, 0.25) is 0 Å². The van der Waals surface area contributed by atoms with Gasteiger partial charge in [0.05, 0.1) is 13.2 Å². The lowest BCUT2D eigenvalue weighted by Gasteiger charge is -2.23. The largest absolute Gasteiger partial charge is 0.395 e. The Kier molecular flexibility index (Phi) is 6.17. The van der Waals surface area contributed by atoms with E-state index in [1.165, 1.54) is 6.33 Å². The minimum Gasteiger partial charge on any atom is -0.395 e. The van der Waals surface area contributed by atoms with Gasteiger partial charge in [0.2, 0.25) is 0 Å². The van der Waals surface area contributed by atoms with Gasteiger partial charge in [-0.2, -0.15) is 0 Å². The van der Waals surface area contributed by atoms with Crippen molar-refractivity contribution in [2.75, 3.05) is 43.1 Å². The molecule has 0 aliphatic rings. The molecule has 0 unspecified atom stereocenters. The molecule has 0 aliphatic carbocycles. The fraction of sp³-hybridized carbons (Fsp3) is 0.600. The molecule has 0 amide bonds. The highest BCUT2D eigenvalue weighted by Crippen LogP contribution is 2.28. The number of aliphatic hydroxyl groups excluding tert-OH is 2. The first-order valence-corrected chi connectivity index (χ1v) is 6.24. The molecule has 1 aromatic rings. The second kappa shape index (κ2) is 7.41. The molecule has 6 nitrogen and oxygen atoms in total. The number of hydrogen-bond donors (Lipinski definition) is 3. The average molecular weight is 305 g/mol. The first-order valence-electron chi connectivity index (χ1n) is 5.45. The highest BCUT2D eigenvalue weighted by Gasteiger charge is 2.14. The predicted molar refractivity (Wildman–Crippen MR) is 70.3 cm³/mol. The Morgan fingerprint density at radius 1 is 1.29 bits per heavy atom. The van der Waals surface area contributed by atoms with Crippen molar-refractivity contribution in [3.05, 3.63) is 10.8 Å². The number of aliphatic hydroxyl groups is 2. The van der Waals surface area contributed by atoms with Crippen molar-refractivity contribution in [2.45, 2.75) is 6.92 Å². The zero-order chi connectivity index (χ0) is 12.7. The summed E-state index contributed by atoms with van der Waals surface area (Å²) in [5.41, 5.74) is 0. The zero-order valence-electron chi connectivity index (χ0n) is 9.73. The normalized spacial score (nSPS) is 10.4. The number of rotatable bonds is 7. The van der Waals surface area contributed by atoms with Gasteiger partial charge in [-0.25, -0.2) is 9.97 Å². The number of anilines is 2. The second-order valence-electron chi connectivity index (χ2n) is 3.32. The molecular formula is C10H17BrN4O2. The smallest absolute Gasteiger partial charge is 0.148 e. The van der Waals surface area contributed by atoms with Crippen molar-refractivity contribution < 1.29 is 10.2 Å². The van der Waals surface area contributed by atoms with Gasteiger partial charge < -0.3 is 20.4 Å². The van der Waals surface area contributed by atoms with E-state index in [-0.39, 0.29) is 13.2 Å². The van der Waals surface area contributed by atoms with E-state index < -0.39 is 0 Å². The topological polar surface area (TPSA) is 81.5 Å². The van der Waals surface area contributed by atoms with E-state index in [0.717, 1.165) is 11.0 Å². The summed E-state index contributed by atoms with van der Waals surface area (Å²) in [5, 5.41) is 21.1. The number of aromatic nitrogens is 2. The average Bonchev–Trinajstić information content (AvgIpc) is 2.32. The zero-order valence-corrected chi connectivity index (χ0v) is 11.3. The molecule has 0 bridgehead atoms. The van der Waals surface area contributed by atoms with Crippen LogP contribution >= 0.6 is 15.9 Å². The van der Waals surface area contributed by atoms with Gasteiger partial charge in [-0.1, -0.05) is 0 Å². The molecule has 3 N–H and O–H groups in total. The molecule has 1 aromatic heterocycles. The van der Waals surface area contributed by atoms with Crippen LogP contribution in [0.3, 0.4) is 0 Å². The Hall–Kier alpha value is -0.920. The van der Waals surface area contributed by atoms with Gasteiger partial charge in [-0.15, -0.1) is 0 Å². The molecule has 0 radical (unpaired) electrons. The fourth-order valence-electron chi connectivity index (χ4n) is 1.44. The lowest BCUT2D eigenvalue weighted by molar-refractivity contribution is 0.280.